The number of phenols is 1. The zero-order valence-corrected chi connectivity index (χ0v) is 18.0. The summed E-state index contributed by atoms with van der Waals surface area (Å²) >= 11 is 12.0. The number of halogens is 2. The molecule has 0 aliphatic carbocycles. The van der Waals surface area contributed by atoms with Crippen LogP contribution in [0.1, 0.15) is 12.5 Å². The second-order valence-electron chi connectivity index (χ2n) is 6.86. The lowest BCUT2D eigenvalue weighted by molar-refractivity contribution is -0.122. The number of nitrogens with one attached hydrogen (secondary N) is 1. The molecular weight excluding hydrogens is 441 g/mol. The Morgan fingerprint density at radius 2 is 2.03 bits per heavy atom. The molecule has 2 heterocycles. The third kappa shape index (κ3) is 4.42. The van der Waals surface area contributed by atoms with E-state index in [4.69, 9.17) is 32.4 Å². The number of hydrogen-bond donors (Lipinski definition) is 2. The molecule has 2 aromatic heterocycles. The lowest BCUT2D eigenvalue weighted by Gasteiger charge is -2.16. The number of amides is 1. The Hall–Kier alpha value is -3.29. The molecule has 2 N–H and O–H groups in total. The molecule has 9 heteroatoms. The van der Waals surface area contributed by atoms with Crippen LogP contribution in [0.3, 0.4) is 0 Å². The smallest absolute Gasteiger partial charge is 0.265 e. The van der Waals surface area contributed by atoms with Gasteiger partial charge in [0.1, 0.15) is 11.5 Å². The number of aryl methyl sites for hydroxylation is 1. The maximum Gasteiger partial charge on any atom is 0.265 e. The molecule has 0 fully saturated rings. The third-order valence-corrected chi connectivity index (χ3v) is 5.06. The number of nitrogens with zero attached hydrogens (tertiary/aromatic N) is 2. The maximum absolute atomic E-state index is 12.7. The first kappa shape index (κ1) is 21.0. The number of rotatable bonds is 5. The summed E-state index contributed by atoms with van der Waals surface area (Å²) in [5.41, 5.74) is 2.24. The highest BCUT2D eigenvalue weighted by Gasteiger charge is 2.20. The molecular formula is C22H17Cl2N3O4. The highest BCUT2D eigenvalue weighted by atomic mass is 35.5. The van der Waals surface area contributed by atoms with Gasteiger partial charge in [0, 0.05) is 16.9 Å². The fraction of sp³-hybridized carbons (Fsp3) is 0.136. The molecule has 0 aliphatic rings. The Kier molecular flexibility index (Phi) is 5.71. The summed E-state index contributed by atoms with van der Waals surface area (Å²) in [5, 5.41) is 14.1. The van der Waals surface area contributed by atoms with Gasteiger partial charge in [0.05, 0.1) is 10.6 Å². The van der Waals surface area contributed by atoms with Crippen molar-refractivity contribution in [3.63, 3.8) is 0 Å². The molecule has 0 radical (unpaired) electrons. The number of fused-ring (bicyclic) bond motifs is 1. The van der Waals surface area contributed by atoms with E-state index < -0.39 is 12.0 Å². The van der Waals surface area contributed by atoms with E-state index in [2.05, 4.69) is 15.3 Å². The number of anilines is 1. The largest absolute Gasteiger partial charge is 0.507 e. The van der Waals surface area contributed by atoms with Gasteiger partial charge in [-0.15, -0.1) is 0 Å². The molecule has 1 atom stereocenters. The number of phenolic OH excluding ortho intramolecular Hbond substituents is 1. The van der Waals surface area contributed by atoms with Gasteiger partial charge in [-0.2, -0.15) is 4.98 Å². The van der Waals surface area contributed by atoms with Gasteiger partial charge in [-0.25, -0.2) is 4.98 Å². The van der Waals surface area contributed by atoms with Crippen LogP contribution in [0.4, 0.5) is 5.69 Å². The first-order chi connectivity index (χ1) is 14.8. The summed E-state index contributed by atoms with van der Waals surface area (Å²) in [4.78, 5) is 21.1. The molecule has 1 amide bonds. The number of benzene rings is 2. The van der Waals surface area contributed by atoms with E-state index in [1.54, 1.807) is 56.4 Å². The minimum Gasteiger partial charge on any atom is -0.507 e. The number of pyridine rings is 1. The van der Waals surface area contributed by atoms with E-state index in [9.17, 15) is 9.90 Å². The van der Waals surface area contributed by atoms with Crippen LogP contribution in [-0.4, -0.2) is 27.1 Å². The average Bonchev–Trinajstić information content (AvgIpc) is 3.16. The quantitative estimate of drug-likeness (QED) is 0.377. The van der Waals surface area contributed by atoms with E-state index in [-0.39, 0.29) is 11.6 Å². The predicted octanol–water partition coefficient (Wildman–Crippen LogP) is 5.62. The molecule has 0 aliphatic heterocycles. The average molecular weight is 458 g/mol. The van der Waals surface area contributed by atoms with Crippen LogP contribution in [0.25, 0.3) is 22.7 Å². The molecule has 0 bridgehead atoms. The zero-order valence-electron chi connectivity index (χ0n) is 16.5. The number of hydrogen-bond acceptors (Lipinski definition) is 6. The molecule has 2 aromatic carbocycles. The van der Waals surface area contributed by atoms with Crippen molar-refractivity contribution in [1.29, 1.82) is 0 Å². The Morgan fingerprint density at radius 3 is 2.77 bits per heavy atom. The van der Waals surface area contributed by atoms with Crippen molar-refractivity contribution in [3.05, 3.63) is 64.3 Å². The number of ether oxygens (including phenoxy) is 1. The molecule has 0 saturated heterocycles. The van der Waals surface area contributed by atoms with Crippen molar-refractivity contribution < 1.29 is 19.1 Å². The van der Waals surface area contributed by atoms with Crippen LogP contribution in [0, 0.1) is 6.92 Å². The topological polar surface area (TPSA) is 97.5 Å². The minimum atomic E-state index is -0.843. The Bertz CT molecular complexity index is 1260. The number of aromatic nitrogens is 2. The van der Waals surface area contributed by atoms with Crippen molar-refractivity contribution in [2.45, 2.75) is 20.0 Å². The van der Waals surface area contributed by atoms with Crippen molar-refractivity contribution >= 4 is 46.0 Å². The van der Waals surface area contributed by atoms with Crippen LogP contribution in [0.5, 0.6) is 11.5 Å². The summed E-state index contributed by atoms with van der Waals surface area (Å²) in [6.45, 7) is 3.31. The molecule has 158 valence electrons. The van der Waals surface area contributed by atoms with Crippen molar-refractivity contribution in [3.8, 4) is 23.0 Å². The van der Waals surface area contributed by atoms with E-state index in [0.29, 0.717) is 43.8 Å². The lowest BCUT2D eigenvalue weighted by atomic mass is 10.1. The van der Waals surface area contributed by atoms with Gasteiger partial charge in [-0.3, -0.25) is 4.79 Å². The van der Waals surface area contributed by atoms with E-state index in [1.165, 1.54) is 6.07 Å². The first-order valence-electron chi connectivity index (χ1n) is 9.30. The number of oxazole rings is 1. The molecule has 4 rings (SSSR count). The summed E-state index contributed by atoms with van der Waals surface area (Å²) in [6, 6.07) is 11.4. The second kappa shape index (κ2) is 8.45. The Labute approximate surface area is 187 Å². The highest BCUT2D eigenvalue weighted by Crippen LogP contribution is 2.36. The fourth-order valence-corrected chi connectivity index (χ4v) is 3.41. The number of carbonyl (C=O) groups excluding carboxylic acids is 1. The van der Waals surface area contributed by atoms with Gasteiger partial charge in [-0.05, 0) is 61.9 Å². The SMILES string of the molecule is Cc1cc(NC(=O)[C@@H](C)Oc2ccc(Cl)cc2Cl)cc(-c2nc3ncccc3o2)c1O. The van der Waals surface area contributed by atoms with Crippen molar-refractivity contribution in [1.82, 2.24) is 9.97 Å². The van der Waals surface area contributed by atoms with Gasteiger partial charge in [-0.1, -0.05) is 23.2 Å². The molecule has 7 nitrogen and oxygen atoms in total. The summed E-state index contributed by atoms with van der Waals surface area (Å²) < 4.78 is 11.4. The van der Waals surface area contributed by atoms with E-state index in [0.717, 1.165) is 0 Å². The zero-order chi connectivity index (χ0) is 22.1. The van der Waals surface area contributed by atoms with Crippen LogP contribution >= 0.6 is 23.2 Å². The lowest BCUT2D eigenvalue weighted by Crippen LogP contribution is -2.30. The van der Waals surface area contributed by atoms with Crippen LogP contribution < -0.4 is 10.1 Å². The standard InChI is InChI=1S/C22H17Cl2N3O4/c1-11-8-14(26-21(29)12(2)30-17-6-5-13(23)9-16(17)24)10-15(19(11)28)22-27-20-18(31-22)4-3-7-25-20/h3-10,12,28H,1-2H3,(H,26,29)/t12-/m1/s1. The van der Waals surface area contributed by atoms with Crippen LogP contribution in [0.15, 0.2) is 53.1 Å². The Morgan fingerprint density at radius 1 is 1.23 bits per heavy atom. The van der Waals surface area contributed by atoms with Crippen molar-refractivity contribution in [2.75, 3.05) is 5.32 Å². The number of aromatic hydroxyl groups is 1. The van der Waals surface area contributed by atoms with E-state index in [1.807, 2.05) is 0 Å². The normalized spacial score (nSPS) is 12.0. The van der Waals surface area contributed by atoms with Gasteiger partial charge in [0.2, 0.25) is 5.89 Å². The summed E-state index contributed by atoms with van der Waals surface area (Å²) in [7, 11) is 0. The molecule has 0 unspecified atom stereocenters. The third-order valence-electron chi connectivity index (χ3n) is 4.53. The van der Waals surface area contributed by atoms with Crippen LogP contribution in [0.2, 0.25) is 10.0 Å². The van der Waals surface area contributed by atoms with Gasteiger partial charge in [0.15, 0.2) is 17.3 Å². The highest BCUT2D eigenvalue weighted by molar-refractivity contribution is 6.35. The molecule has 0 saturated carbocycles. The maximum atomic E-state index is 12.7. The monoisotopic (exact) mass is 457 g/mol. The summed E-state index contributed by atoms with van der Waals surface area (Å²) in [5.74, 6) is 0.140. The molecule has 31 heavy (non-hydrogen) atoms. The molecule has 0 spiro atoms. The predicted molar refractivity (Wildman–Crippen MR) is 119 cm³/mol. The second-order valence-corrected chi connectivity index (χ2v) is 7.70. The first-order valence-corrected chi connectivity index (χ1v) is 10.1. The van der Waals surface area contributed by atoms with Crippen LogP contribution in [-0.2, 0) is 4.79 Å². The molecule has 4 aromatic rings. The van der Waals surface area contributed by atoms with Gasteiger partial charge < -0.3 is 19.6 Å². The van der Waals surface area contributed by atoms with Gasteiger partial charge in [0.25, 0.3) is 5.91 Å². The van der Waals surface area contributed by atoms with Gasteiger partial charge >= 0.3 is 0 Å². The number of carbonyl (C=O) groups is 1. The Balaban J connectivity index is 1.57. The summed E-state index contributed by atoms with van der Waals surface area (Å²) in [6.07, 6.45) is 0.759. The van der Waals surface area contributed by atoms with Crippen molar-refractivity contribution in [2.24, 2.45) is 0 Å². The van der Waals surface area contributed by atoms with E-state index >= 15 is 0 Å². The minimum absolute atomic E-state index is 0.00167. The fourth-order valence-electron chi connectivity index (χ4n) is 2.96.